The number of hydrogen-bond acceptors (Lipinski definition) is 5. The lowest BCUT2D eigenvalue weighted by atomic mass is 10.1. The Balaban J connectivity index is 1.34. The van der Waals surface area contributed by atoms with Gasteiger partial charge in [-0.25, -0.2) is 4.68 Å². The van der Waals surface area contributed by atoms with Crippen molar-refractivity contribution in [1.82, 2.24) is 24.6 Å². The Kier molecular flexibility index (Phi) is 5.16. The van der Waals surface area contributed by atoms with E-state index in [1.807, 2.05) is 42.2 Å². The number of nitrogens with zero attached hydrogens (tertiary/aromatic N) is 5. The number of aryl methyl sites for hydroxylation is 1. The number of carbonyl (C=O) groups is 1. The number of aromatic nitrogens is 3. The smallest absolute Gasteiger partial charge is 0.266 e. The first-order valence-electron chi connectivity index (χ1n) is 9.51. The molecule has 0 aliphatic carbocycles. The molecule has 0 spiro atoms. The molecule has 0 saturated carbocycles. The fourth-order valence-corrected chi connectivity index (χ4v) is 3.51. The summed E-state index contributed by atoms with van der Waals surface area (Å²) in [5, 5.41) is 5.25. The predicted molar refractivity (Wildman–Crippen MR) is 107 cm³/mol. The molecule has 28 heavy (non-hydrogen) atoms. The number of amides is 1. The molecule has 4 rings (SSSR count). The molecule has 1 amide bonds. The van der Waals surface area contributed by atoms with Crippen molar-refractivity contribution in [2.75, 3.05) is 32.7 Å². The zero-order valence-corrected chi connectivity index (χ0v) is 15.9. The maximum atomic E-state index is 12.8. The molecule has 3 aromatic rings. The van der Waals surface area contributed by atoms with Gasteiger partial charge in [-0.2, -0.15) is 5.10 Å². The van der Waals surface area contributed by atoms with Crippen molar-refractivity contribution in [2.45, 2.75) is 13.5 Å². The van der Waals surface area contributed by atoms with Crippen molar-refractivity contribution in [3.63, 3.8) is 0 Å². The third kappa shape index (κ3) is 3.94. The second-order valence-corrected chi connectivity index (χ2v) is 7.08. The minimum Gasteiger partial charge on any atom is -0.336 e. The molecule has 1 fully saturated rings. The normalized spacial score (nSPS) is 15.1. The molecule has 1 saturated heterocycles. The van der Waals surface area contributed by atoms with Crippen LogP contribution in [0.25, 0.3) is 10.9 Å². The topological polar surface area (TPSA) is 71.3 Å². The number of pyridine rings is 1. The Morgan fingerprint density at radius 3 is 2.68 bits per heavy atom. The number of hydrogen-bond donors (Lipinski definition) is 0. The van der Waals surface area contributed by atoms with Gasteiger partial charge in [-0.15, -0.1) is 0 Å². The van der Waals surface area contributed by atoms with Crippen molar-refractivity contribution < 1.29 is 4.79 Å². The number of carbonyl (C=O) groups excluding carboxylic acids is 1. The van der Waals surface area contributed by atoms with Gasteiger partial charge in [-0.05, 0) is 37.3 Å². The molecular weight excluding hydrogens is 354 g/mol. The van der Waals surface area contributed by atoms with Gasteiger partial charge in [0.1, 0.15) is 0 Å². The molecule has 3 heterocycles. The van der Waals surface area contributed by atoms with E-state index in [0.29, 0.717) is 25.2 Å². The van der Waals surface area contributed by atoms with Gasteiger partial charge in [0.15, 0.2) is 0 Å². The molecule has 0 N–H and O–H groups in total. The minimum atomic E-state index is -0.0785. The van der Waals surface area contributed by atoms with Crippen LogP contribution < -0.4 is 5.56 Å². The maximum Gasteiger partial charge on any atom is 0.266 e. The van der Waals surface area contributed by atoms with Gasteiger partial charge < -0.3 is 4.90 Å². The SMILES string of the molecule is Cc1ccc(=O)n(CCN2CCN(C(=O)c3ccc4ncccc4c3)CC2)n1. The molecule has 0 unspecified atom stereocenters. The third-order valence-corrected chi connectivity index (χ3v) is 5.14. The van der Waals surface area contributed by atoms with Gasteiger partial charge in [0.25, 0.3) is 11.5 Å². The van der Waals surface area contributed by atoms with Crippen LogP contribution in [0.5, 0.6) is 0 Å². The van der Waals surface area contributed by atoms with E-state index in [0.717, 1.165) is 36.2 Å². The molecule has 0 radical (unpaired) electrons. The van der Waals surface area contributed by atoms with Crippen LogP contribution in [-0.4, -0.2) is 63.2 Å². The van der Waals surface area contributed by atoms with Gasteiger partial charge in [0.2, 0.25) is 0 Å². The third-order valence-electron chi connectivity index (χ3n) is 5.14. The van der Waals surface area contributed by atoms with Crippen molar-refractivity contribution in [3.8, 4) is 0 Å². The fourth-order valence-electron chi connectivity index (χ4n) is 3.51. The standard InChI is InChI=1S/C21H23N5O2/c1-16-4-7-20(27)26(23-16)14-11-24-9-12-25(13-10-24)21(28)18-5-6-19-17(15-18)3-2-8-22-19/h2-8,15H,9-14H2,1H3. The summed E-state index contributed by atoms with van der Waals surface area (Å²) in [6.07, 6.45) is 1.75. The van der Waals surface area contributed by atoms with Crippen LogP contribution >= 0.6 is 0 Å². The lowest BCUT2D eigenvalue weighted by molar-refractivity contribution is 0.0631. The lowest BCUT2D eigenvalue weighted by Gasteiger charge is -2.34. The molecule has 1 aromatic carbocycles. The van der Waals surface area contributed by atoms with E-state index >= 15 is 0 Å². The number of piperazine rings is 1. The Morgan fingerprint density at radius 1 is 1.04 bits per heavy atom. The lowest BCUT2D eigenvalue weighted by Crippen LogP contribution is -2.49. The molecule has 7 heteroatoms. The van der Waals surface area contributed by atoms with Gasteiger partial charge in [-0.3, -0.25) is 19.5 Å². The van der Waals surface area contributed by atoms with E-state index in [1.165, 1.54) is 4.68 Å². The molecule has 1 aliphatic heterocycles. The molecule has 0 atom stereocenters. The summed E-state index contributed by atoms with van der Waals surface area (Å²) in [7, 11) is 0. The highest BCUT2D eigenvalue weighted by Gasteiger charge is 2.22. The minimum absolute atomic E-state index is 0.0574. The molecule has 0 bridgehead atoms. The zero-order chi connectivity index (χ0) is 19.5. The van der Waals surface area contributed by atoms with Crippen LogP contribution in [0.1, 0.15) is 16.1 Å². The van der Waals surface area contributed by atoms with Crippen molar-refractivity contribution in [2.24, 2.45) is 0 Å². The van der Waals surface area contributed by atoms with E-state index in [4.69, 9.17) is 0 Å². The van der Waals surface area contributed by atoms with Crippen molar-refractivity contribution in [1.29, 1.82) is 0 Å². The van der Waals surface area contributed by atoms with Crippen molar-refractivity contribution >= 4 is 16.8 Å². The summed E-state index contributed by atoms with van der Waals surface area (Å²) >= 11 is 0. The van der Waals surface area contributed by atoms with E-state index in [2.05, 4.69) is 15.0 Å². The summed E-state index contributed by atoms with van der Waals surface area (Å²) in [5.74, 6) is 0.0574. The first kappa shape index (κ1) is 18.3. The Labute approximate surface area is 163 Å². The van der Waals surface area contributed by atoms with E-state index in [1.54, 1.807) is 18.3 Å². The van der Waals surface area contributed by atoms with Crippen LogP contribution in [0.2, 0.25) is 0 Å². The Hall–Kier alpha value is -3.06. The second-order valence-electron chi connectivity index (χ2n) is 7.08. The average Bonchev–Trinajstić information content (AvgIpc) is 2.74. The summed E-state index contributed by atoms with van der Waals surface area (Å²) < 4.78 is 1.51. The summed E-state index contributed by atoms with van der Waals surface area (Å²) in [6, 6.07) is 12.8. The molecule has 144 valence electrons. The highest BCUT2D eigenvalue weighted by atomic mass is 16.2. The number of fused-ring (bicyclic) bond motifs is 1. The highest BCUT2D eigenvalue weighted by molar-refractivity contribution is 5.98. The largest absolute Gasteiger partial charge is 0.336 e. The maximum absolute atomic E-state index is 12.8. The molecule has 1 aliphatic rings. The molecule has 2 aromatic heterocycles. The Morgan fingerprint density at radius 2 is 1.86 bits per heavy atom. The van der Waals surface area contributed by atoms with Crippen LogP contribution in [0, 0.1) is 6.92 Å². The van der Waals surface area contributed by atoms with Crippen LogP contribution in [0.15, 0.2) is 53.5 Å². The van der Waals surface area contributed by atoms with Crippen molar-refractivity contribution in [3.05, 3.63) is 70.3 Å². The number of rotatable bonds is 4. The van der Waals surface area contributed by atoms with Gasteiger partial charge in [0, 0.05) is 55.9 Å². The average molecular weight is 377 g/mol. The van der Waals surface area contributed by atoms with E-state index in [9.17, 15) is 9.59 Å². The molecular formula is C21H23N5O2. The van der Waals surface area contributed by atoms with Crippen LogP contribution in [0.4, 0.5) is 0 Å². The monoisotopic (exact) mass is 377 g/mol. The van der Waals surface area contributed by atoms with E-state index in [-0.39, 0.29) is 11.5 Å². The first-order valence-corrected chi connectivity index (χ1v) is 9.51. The van der Waals surface area contributed by atoms with Crippen LogP contribution in [-0.2, 0) is 6.54 Å². The Bertz CT molecular complexity index is 1050. The fraction of sp³-hybridized carbons (Fsp3) is 0.333. The van der Waals surface area contributed by atoms with Gasteiger partial charge in [-0.1, -0.05) is 6.07 Å². The summed E-state index contributed by atoms with van der Waals surface area (Å²) in [5.41, 5.74) is 2.35. The first-order chi connectivity index (χ1) is 13.6. The van der Waals surface area contributed by atoms with Crippen LogP contribution in [0.3, 0.4) is 0 Å². The number of benzene rings is 1. The summed E-state index contributed by atoms with van der Waals surface area (Å²) in [6.45, 7) is 6.14. The van der Waals surface area contributed by atoms with Gasteiger partial charge >= 0.3 is 0 Å². The predicted octanol–water partition coefficient (Wildman–Crippen LogP) is 1.56. The van der Waals surface area contributed by atoms with E-state index < -0.39 is 0 Å². The zero-order valence-electron chi connectivity index (χ0n) is 15.9. The highest BCUT2D eigenvalue weighted by Crippen LogP contribution is 2.16. The quantitative estimate of drug-likeness (QED) is 0.690. The molecule has 7 nitrogen and oxygen atoms in total. The van der Waals surface area contributed by atoms with Gasteiger partial charge in [0.05, 0.1) is 17.8 Å². The second kappa shape index (κ2) is 7.90. The summed E-state index contributed by atoms with van der Waals surface area (Å²) in [4.78, 5) is 33.2.